The summed E-state index contributed by atoms with van der Waals surface area (Å²) in [5, 5.41) is 17.9. The lowest BCUT2D eigenvalue weighted by atomic mass is 9.79. The van der Waals surface area contributed by atoms with Gasteiger partial charge >= 0.3 is 6.61 Å². The number of halogens is 3. The van der Waals surface area contributed by atoms with Crippen molar-refractivity contribution in [3.05, 3.63) is 34.5 Å². The summed E-state index contributed by atoms with van der Waals surface area (Å²) in [4.78, 5) is 12.9. The highest BCUT2D eigenvalue weighted by molar-refractivity contribution is 6.36. The van der Waals surface area contributed by atoms with Gasteiger partial charge in [0, 0.05) is 18.7 Å². The van der Waals surface area contributed by atoms with E-state index in [2.05, 4.69) is 17.3 Å². The summed E-state index contributed by atoms with van der Waals surface area (Å²) in [6, 6.07) is 5.11. The Labute approximate surface area is 204 Å². The summed E-state index contributed by atoms with van der Waals surface area (Å²) in [6.07, 6.45) is 3.75. The molecule has 0 bridgehead atoms. The van der Waals surface area contributed by atoms with Gasteiger partial charge in [0.2, 0.25) is 0 Å². The van der Waals surface area contributed by atoms with E-state index < -0.39 is 18.1 Å². The number of amides is 1. The molecule has 1 fully saturated rings. The van der Waals surface area contributed by atoms with Crippen LogP contribution < -0.4 is 10.1 Å². The van der Waals surface area contributed by atoms with Crippen molar-refractivity contribution in [2.75, 3.05) is 6.54 Å². The normalized spacial score (nSPS) is 20.7. The second-order valence-corrected chi connectivity index (χ2v) is 10.1. The van der Waals surface area contributed by atoms with Crippen LogP contribution in [0.15, 0.2) is 18.2 Å². The van der Waals surface area contributed by atoms with Crippen LogP contribution in [0, 0.1) is 11.8 Å². The number of benzene rings is 1. The van der Waals surface area contributed by atoms with Crippen molar-refractivity contribution in [3.63, 3.8) is 0 Å². The van der Waals surface area contributed by atoms with Crippen LogP contribution in [0.3, 0.4) is 0 Å². The SMILES string of the molecule is CCn1nc(C(=O)NCC2(O)CCC(C)CC2)c(Cl)c1-c1ccc(CC(C)C)cc1OC(F)F. The van der Waals surface area contributed by atoms with Crippen LogP contribution in [0.5, 0.6) is 5.75 Å². The Morgan fingerprint density at radius 3 is 2.62 bits per heavy atom. The van der Waals surface area contributed by atoms with Crippen LogP contribution in [0.2, 0.25) is 5.02 Å². The topological polar surface area (TPSA) is 76.4 Å². The number of carbonyl (C=O) groups is 1. The van der Waals surface area contributed by atoms with E-state index in [-0.39, 0.29) is 23.0 Å². The third kappa shape index (κ3) is 6.27. The Kier molecular flexibility index (Phi) is 8.57. The van der Waals surface area contributed by atoms with Gasteiger partial charge in [0.25, 0.3) is 5.91 Å². The second kappa shape index (κ2) is 11.0. The van der Waals surface area contributed by atoms with Gasteiger partial charge in [-0.25, -0.2) is 0 Å². The van der Waals surface area contributed by atoms with Crippen molar-refractivity contribution in [3.8, 4) is 17.0 Å². The van der Waals surface area contributed by atoms with E-state index in [1.807, 2.05) is 26.8 Å². The number of carbonyl (C=O) groups excluding carboxylic acids is 1. The molecule has 0 atom stereocenters. The lowest BCUT2D eigenvalue weighted by Gasteiger charge is -2.34. The molecule has 1 saturated carbocycles. The molecule has 1 aliphatic carbocycles. The van der Waals surface area contributed by atoms with Gasteiger partial charge in [-0.1, -0.05) is 38.4 Å². The largest absolute Gasteiger partial charge is 0.434 e. The van der Waals surface area contributed by atoms with Crippen molar-refractivity contribution in [1.82, 2.24) is 15.1 Å². The van der Waals surface area contributed by atoms with Gasteiger partial charge in [-0.2, -0.15) is 13.9 Å². The highest BCUT2D eigenvalue weighted by Crippen LogP contribution is 2.39. The summed E-state index contributed by atoms with van der Waals surface area (Å²) in [7, 11) is 0. The molecule has 9 heteroatoms. The molecule has 1 aromatic carbocycles. The van der Waals surface area contributed by atoms with Gasteiger partial charge in [-0.3, -0.25) is 9.48 Å². The molecule has 0 saturated heterocycles. The number of aliphatic hydroxyl groups is 1. The molecule has 2 aromatic rings. The first-order valence-corrected chi connectivity index (χ1v) is 12.3. The van der Waals surface area contributed by atoms with E-state index in [1.165, 1.54) is 4.68 Å². The van der Waals surface area contributed by atoms with E-state index in [0.717, 1.165) is 18.4 Å². The number of rotatable bonds is 9. The molecular formula is C25H34ClF2N3O3. The molecule has 0 unspecified atom stereocenters. The molecule has 188 valence electrons. The minimum Gasteiger partial charge on any atom is -0.434 e. The summed E-state index contributed by atoms with van der Waals surface area (Å²) in [5.41, 5.74) is 0.578. The van der Waals surface area contributed by atoms with Gasteiger partial charge in [-0.05, 0) is 68.6 Å². The second-order valence-electron chi connectivity index (χ2n) is 9.72. The Bertz CT molecular complexity index is 1000. The van der Waals surface area contributed by atoms with Crippen LogP contribution >= 0.6 is 11.6 Å². The Morgan fingerprint density at radius 1 is 1.35 bits per heavy atom. The number of hydrogen-bond donors (Lipinski definition) is 2. The van der Waals surface area contributed by atoms with Crippen molar-refractivity contribution in [1.29, 1.82) is 0 Å². The van der Waals surface area contributed by atoms with Crippen LogP contribution in [-0.2, 0) is 13.0 Å². The first-order chi connectivity index (χ1) is 16.0. The lowest BCUT2D eigenvalue weighted by molar-refractivity contribution is -0.0495. The molecule has 2 N–H and O–H groups in total. The Balaban J connectivity index is 1.90. The molecule has 1 heterocycles. The first-order valence-electron chi connectivity index (χ1n) is 11.9. The van der Waals surface area contributed by atoms with Crippen molar-refractivity contribution >= 4 is 17.5 Å². The maximum absolute atomic E-state index is 13.2. The number of nitrogens with zero attached hydrogens (tertiary/aromatic N) is 2. The lowest BCUT2D eigenvalue weighted by Crippen LogP contribution is -2.45. The zero-order valence-corrected chi connectivity index (χ0v) is 21.0. The third-order valence-corrected chi connectivity index (χ3v) is 6.71. The van der Waals surface area contributed by atoms with Gasteiger partial charge in [0.1, 0.15) is 5.75 Å². The third-order valence-electron chi connectivity index (χ3n) is 6.35. The standard InChI is InChI=1S/C25H34ClF2N3O3/c1-5-31-22(18-7-6-17(12-15(2)3)13-19(18)34-24(27)28)20(26)21(30-31)23(32)29-14-25(33)10-8-16(4)9-11-25/h6-7,13,15-16,24,33H,5,8-12,14H2,1-4H3,(H,29,32). The van der Waals surface area contributed by atoms with E-state index in [9.17, 15) is 18.7 Å². The van der Waals surface area contributed by atoms with Gasteiger partial charge in [-0.15, -0.1) is 0 Å². The highest BCUT2D eigenvalue weighted by Gasteiger charge is 2.33. The first kappa shape index (κ1) is 26.4. The molecule has 1 amide bonds. The molecule has 0 aliphatic heterocycles. The fourth-order valence-corrected chi connectivity index (χ4v) is 4.75. The summed E-state index contributed by atoms with van der Waals surface area (Å²) in [5.74, 6) is 0.373. The average molecular weight is 498 g/mol. The molecular weight excluding hydrogens is 464 g/mol. The highest BCUT2D eigenvalue weighted by atomic mass is 35.5. The van der Waals surface area contributed by atoms with Crippen molar-refractivity contribution in [2.45, 2.75) is 78.6 Å². The molecule has 1 aliphatic rings. The summed E-state index contributed by atoms with van der Waals surface area (Å²) >= 11 is 6.60. The van der Waals surface area contributed by atoms with Crippen LogP contribution in [0.25, 0.3) is 11.3 Å². The number of nitrogens with one attached hydrogen (secondary N) is 1. The predicted molar refractivity (Wildman–Crippen MR) is 128 cm³/mol. The van der Waals surface area contributed by atoms with Crippen LogP contribution in [-0.4, -0.2) is 39.6 Å². The van der Waals surface area contributed by atoms with Gasteiger partial charge < -0.3 is 15.2 Å². The quantitative estimate of drug-likeness (QED) is 0.466. The zero-order chi connectivity index (χ0) is 25.0. The minimum atomic E-state index is -3.01. The van der Waals surface area contributed by atoms with Gasteiger partial charge in [0.05, 0.1) is 16.3 Å². The number of ether oxygens (including phenoxy) is 1. The summed E-state index contributed by atoms with van der Waals surface area (Å²) < 4.78 is 32.7. The van der Waals surface area contributed by atoms with E-state index in [1.54, 1.807) is 12.1 Å². The van der Waals surface area contributed by atoms with Crippen LogP contribution in [0.4, 0.5) is 8.78 Å². The fraction of sp³-hybridized carbons (Fsp3) is 0.600. The van der Waals surface area contributed by atoms with Gasteiger partial charge in [0.15, 0.2) is 5.69 Å². The Hall–Kier alpha value is -2.19. The molecule has 0 spiro atoms. The molecule has 6 nitrogen and oxygen atoms in total. The monoisotopic (exact) mass is 497 g/mol. The number of aryl methyl sites for hydroxylation is 1. The summed E-state index contributed by atoms with van der Waals surface area (Å²) in [6.45, 7) is 5.52. The molecule has 34 heavy (non-hydrogen) atoms. The van der Waals surface area contributed by atoms with Crippen molar-refractivity contribution in [2.24, 2.45) is 11.8 Å². The predicted octanol–water partition coefficient (Wildman–Crippen LogP) is 5.69. The molecule has 3 rings (SSSR count). The average Bonchev–Trinajstić information content (AvgIpc) is 3.10. The number of hydrogen-bond acceptors (Lipinski definition) is 4. The number of alkyl halides is 2. The smallest absolute Gasteiger partial charge is 0.387 e. The van der Waals surface area contributed by atoms with E-state index in [4.69, 9.17) is 16.3 Å². The molecule has 1 aromatic heterocycles. The zero-order valence-electron chi connectivity index (χ0n) is 20.2. The van der Waals surface area contributed by atoms with E-state index >= 15 is 0 Å². The maximum atomic E-state index is 13.2. The minimum absolute atomic E-state index is 0.0118. The van der Waals surface area contributed by atoms with Crippen LogP contribution in [0.1, 0.15) is 69.4 Å². The fourth-order valence-electron chi connectivity index (χ4n) is 4.43. The van der Waals surface area contributed by atoms with E-state index in [0.29, 0.717) is 48.9 Å². The molecule has 0 radical (unpaired) electrons. The van der Waals surface area contributed by atoms with Crippen molar-refractivity contribution < 1.29 is 23.4 Å². The Morgan fingerprint density at radius 2 is 2.03 bits per heavy atom. The maximum Gasteiger partial charge on any atom is 0.387 e. The number of aromatic nitrogens is 2.